The van der Waals surface area contributed by atoms with Gasteiger partial charge in [-0.3, -0.25) is 4.79 Å². The van der Waals surface area contributed by atoms with Gasteiger partial charge >= 0.3 is 0 Å². The average molecular weight is 289 g/mol. The first-order chi connectivity index (χ1) is 10.6. The number of nitrogens with two attached hydrogens (primary N) is 1. The van der Waals surface area contributed by atoms with Crippen molar-refractivity contribution in [3.05, 3.63) is 82.6 Å². The van der Waals surface area contributed by atoms with Crippen LogP contribution < -0.4 is 5.73 Å². The minimum Gasteiger partial charge on any atom is -0.398 e. The second kappa shape index (κ2) is 5.64. The first-order valence-corrected chi connectivity index (χ1v) is 7.46. The molecule has 0 radical (unpaired) electrons. The van der Waals surface area contributed by atoms with Crippen LogP contribution in [0.25, 0.3) is 11.6 Å². The Morgan fingerprint density at radius 2 is 1.77 bits per heavy atom. The number of carbonyl (C=O) groups excluding carboxylic acids is 1. The van der Waals surface area contributed by atoms with Crippen molar-refractivity contribution < 1.29 is 4.79 Å². The standard InChI is InChI=1S/C20H19NO/c1-13-7-9-15(10-8-13)11-12-18(21)19-17-6-4-3-5-16(17)14(2)20(19)22/h3-12,14H,21H2,1-2H3. The molecule has 0 saturated heterocycles. The molecule has 3 rings (SSSR count). The lowest BCUT2D eigenvalue weighted by molar-refractivity contribution is -0.114. The number of allylic oxidation sites excluding steroid dienone is 2. The topological polar surface area (TPSA) is 43.1 Å². The maximum absolute atomic E-state index is 12.5. The van der Waals surface area contributed by atoms with Gasteiger partial charge in [-0.1, -0.05) is 67.1 Å². The van der Waals surface area contributed by atoms with Crippen molar-refractivity contribution in [2.75, 3.05) is 0 Å². The van der Waals surface area contributed by atoms with Gasteiger partial charge in [-0.2, -0.15) is 0 Å². The Morgan fingerprint density at radius 1 is 1.09 bits per heavy atom. The predicted octanol–water partition coefficient (Wildman–Crippen LogP) is 4.06. The molecule has 0 amide bonds. The van der Waals surface area contributed by atoms with Gasteiger partial charge in [0, 0.05) is 17.2 Å². The number of benzene rings is 2. The van der Waals surface area contributed by atoms with Gasteiger partial charge in [0.15, 0.2) is 5.78 Å². The first-order valence-electron chi connectivity index (χ1n) is 7.46. The summed E-state index contributed by atoms with van der Waals surface area (Å²) in [5, 5.41) is 0. The lowest BCUT2D eigenvalue weighted by atomic mass is 10.0. The molecule has 22 heavy (non-hydrogen) atoms. The largest absolute Gasteiger partial charge is 0.398 e. The molecule has 2 aromatic carbocycles. The van der Waals surface area contributed by atoms with E-state index in [1.807, 2.05) is 55.5 Å². The summed E-state index contributed by atoms with van der Waals surface area (Å²) in [7, 11) is 0. The van der Waals surface area contributed by atoms with Crippen LogP contribution in [0.1, 0.15) is 35.1 Å². The molecule has 1 aliphatic carbocycles. The van der Waals surface area contributed by atoms with Crippen molar-refractivity contribution in [2.45, 2.75) is 19.8 Å². The van der Waals surface area contributed by atoms with Crippen LogP contribution in [0.3, 0.4) is 0 Å². The zero-order valence-electron chi connectivity index (χ0n) is 12.8. The summed E-state index contributed by atoms with van der Waals surface area (Å²) in [5.74, 6) is -0.00946. The minimum atomic E-state index is -0.113. The average Bonchev–Trinajstić information content (AvgIpc) is 2.79. The monoisotopic (exact) mass is 289 g/mol. The second-order valence-electron chi connectivity index (χ2n) is 5.75. The summed E-state index contributed by atoms with van der Waals surface area (Å²) in [6.45, 7) is 3.99. The Bertz CT molecular complexity index is 782. The van der Waals surface area contributed by atoms with Gasteiger partial charge in [-0.25, -0.2) is 0 Å². The van der Waals surface area contributed by atoms with E-state index in [9.17, 15) is 4.79 Å². The van der Waals surface area contributed by atoms with Crippen LogP contribution in [-0.2, 0) is 4.79 Å². The van der Waals surface area contributed by atoms with E-state index >= 15 is 0 Å². The highest BCUT2D eigenvalue weighted by Gasteiger charge is 2.32. The molecule has 2 nitrogen and oxygen atoms in total. The number of hydrogen-bond acceptors (Lipinski definition) is 2. The first kappa shape index (κ1) is 14.3. The van der Waals surface area contributed by atoms with E-state index in [0.717, 1.165) is 16.7 Å². The van der Waals surface area contributed by atoms with Gasteiger partial charge in [0.05, 0.1) is 0 Å². The maximum atomic E-state index is 12.5. The molecular formula is C20H19NO. The molecular weight excluding hydrogens is 270 g/mol. The third-order valence-electron chi connectivity index (χ3n) is 4.16. The zero-order chi connectivity index (χ0) is 15.7. The van der Waals surface area contributed by atoms with Gasteiger partial charge in [0.1, 0.15) is 0 Å². The van der Waals surface area contributed by atoms with E-state index in [1.165, 1.54) is 5.56 Å². The van der Waals surface area contributed by atoms with Gasteiger partial charge in [-0.05, 0) is 29.7 Å². The molecule has 0 saturated carbocycles. The quantitative estimate of drug-likeness (QED) is 0.847. The lowest BCUT2D eigenvalue weighted by Crippen LogP contribution is -2.06. The molecule has 2 N–H and O–H groups in total. The fourth-order valence-corrected chi connectivity index (χ4v) is 2.84. The van der Waals surface area contributed by atoms with Crippen molar-refractivity contribution in [3.63, 3.8) is 0 Å². The van der Waals surface area contributed by atoms with Crippen LogP contribution in [0.5, 0.6) is 0 Å². The Kier molecular flexibility index (Phi) is 3.68. The van der Waals surface area contributed by atoms with Gasteiger partial charge in [0.25, 0.3) is 0 Å². The number of aryl methyl sites for hydroxylation is 1. The van der Waals surface area contributed by atoms with E-state index in [1.54, 1.807) is 0 Å². The third kappa shape index (κ3) is 2.48. The molecule has 0 aliphatic heterocycles. The van der Waals surface area contributed by atoms with Gasteiger partial charge < -0.3 is 5.73 Å². The Morgan fingerprint density at radius 3 is 2.50 bits per heavy atom. The maximum Gasteiger partial charge on any atom is 0.172 e. The summed E-state index contributed by atoms with van der Waals surface area (Å²) in [6.07, 6.45) is 3.77. The van der Waals surface area contributed by atoms with E-state index in [4.69, 9.17) is 5.73 Å². The third-order valence-corrected chi connectivity index (χ3v) is 4.16. The van der Waals surface area contributed by atoms with Crippen LogP contribution >= 0.6 is 0 Å². The Labute approximate surface area is 131 Å². The van der Waals surface area contributed by atoms with E-state index in [2.05, 4.69) is 19.1 Å². The number of ketones is 1. The van der Waals surface area contributed by atoms with Crippen molar-refractivity contribution >= 4 is 17.4 Å². The summed E-state index contributed by atoms with van der Waals surface area (Å²) in [6, 6.07) is 16.1. The molecule has 1 aliphatic rings. The molecule has 1 atom stereocenters. The Hall–Kier alpha value is -2.61. The highest BCUT2D eigenvalue weighted by Crippen LogP contribution is 2.38. The van der Waals surface area contributed by atoms with Crippen LogP contribution in [0.4, 0.5) is 0 Å². The van der Waals surface area contributed by atoms with E-state index < -0.39 is 0 Å². The van der Waals surface area contributed by atoms with Crippen LogP contribution in [-0.4, -0.2) is 5.78 Å². The smallest absolute Gasteiger partial charge is 0.172 e. The van der Waals surface area contributed by atoms with Gasteiger partial charge in [0.2, 0.25) is 0 Å². The van der Waals surface area contributed by atoms with Gasteiger partial charge in [-0.15, -0.1) is 0 Å². The van der Waals surface area contributed by atoms with Crippen molar-refractivity contribution in [3.8, 4) is 0 Å². The highest BCUT2D eigenvalue weighted by atomic mass is 16.1. The van der Waals surface area contributed by atoms with Crippen molar-refractivity contribution in [1.82, 2.24) is 0 Å². The summed E-state index contributed by atoms with van der Waals surface area (Å²) < 4.78 is 0. The fourth-order valence-electron chi connectivity index (χ4n) is 2.84. The molecule has 0 heterocycles. The second-order valence-corrected chi connectivity index (χ2v) is 5.75. The Balaban J connectivity index is 1.99. The number of Topliss-reactive ketones (excluding diaryl/α,β-unsaturated/α-hetero) is 1. The number of hydrogen-bond donors (Lipinski definition) is 1. The lowest BCUT2D eigenvalue weighted by Gasteiger charge is -2.02. The number of fused-ring (bicyclic) bond motifs is 1. The van der Waals surface area contributed by atoms with Crippen LogP contribution in [0, 0.1) is 6.92 Å². The molecule has 0 fully saturated rings. The summed E-state index contributed by atoms with van der Waals surface area (Å²) in [5.41, 5.74) is 11.7. The zero-order valence-corrected chi connectivity index (χ0v) is 12.8. The van der Waals surface area contributed by atoms with Crippen molar-refractivity contribution in [1.29, 1.82) is 0 Å². The van der Waals surface area contributed by atoms with E-state index in [0.29, 0.717) is 11.3 Å². The molecule has 2 aromatic rings. The molecule has 0 spiro atoms. The normalized spacial score (nSPS) is 19.5. The predicted molar refractivity (Wildman–Crippen MR) is 91.2 cm³/mol. The molecule has 0 aromatic heterocycles. The van der Waals surface area contributed by atoms with E-state index in [-0.39, 0.29) is 11.7 Å². The fraction of sp³-hybridized carbons (Fsp3) is 0.150. The molecule has 110 valence electrons. The summed E-state index contributed by atoms with van der Waals surface area (Å²) >= 11 is 0. The number of carbonyl (C=O) groups is 1. The van der Waals surface area contributed by atoms with Crippen LogP contribution in [0.2, 0.25) is 0 Å². The molecule has 2 heteroatoms. The minimum absolute atomic E-state index is 0.104. The number of rotatable bonds is 2. The molecule has 0 bridgehead atoms. The summed E-state index contributed by atoms with van der Waals surface area (Å²) in [4.78, 5) is 12.5. The van der Waals surface area contributed by atoms with Crippen LogP contribution in [0.15, 0.2) is 60.3 Å². The SMILES string of the molecule is Cc1ccc(C=CC(N)=C2C(=O)C(C)c3ccccc32)cc1. The molecule has 1 unspecified atom stereocenters. The highest BCUT2D eigenvalue weighted by molar-refractivity contribution is 6.28. The van der Waals surface area contributed by atoms with Crippen molar-refractivity contribution in [2.24, 2.45) is 5.73 Å².